The largest absolute Gasteiger partial charge is 0.483 e. The molecule has 1 aromatic rings. The van der Waals surface area contributed by atoms with Crippen molar-refractivity contribution in [3.05, 3.63) is 34.4 Å². The van der Waals surface area contributed by atoms with E-state index in [1.807, 2.05) is 32.1 Å². The van der Waals surface area contributed by atoms with Gasteiger partial charge in [-0.15, -0.1) is 0 Å². The fourth-order valence-electron chi connectivity index (χ4n) is 2.55. The fourth-order valence-corrected chi connectivity index (χ4v) is 2.55. The van der Waals surface area contributed by atoms with Gasteiger partial charge in [-0.3, -0.25) is 0 Å². The van der Waals surface area contributed by atoms with Crippen molar-refractivity contribution in [2.45, 2.75) is 32.5 Å². The van der Waals surface area contributed by atoms with E-state index < -0.39 is 0 Å². The van der Waals surface area contributed by atoms with E-state index in [0.717, 1.165) is 22.4 Å². The molecule has 0 aliphatic carbocycles. The second kappa shape index (κ2) is 4.10. The minimum atomic E-state index is -0.380. The summed E-state index contributed by atoms with van der Waals surface area (Å²) in [6.07, 6.45) is 4.39. The summed E-state index contributed by atoms with van der Waals surface area (Å²) in [5.41, 5.74) is 2.83. The van der Waals surface area contributed by atoms with Crippen LogP contribution in [0.1, 0.15) is 40.9 Å². The van der Waals surface area contributed by atoms with Crippen molar-refractivity contribution in [1.29, 1.82) is 0 Å². The molecular formula is C15H16O4. The maximum Gasteiger partial charge on any atom is 0.338 e. The molecule has 0 saturated carbocycles. The Morgan fingerprint density at radius 3 is 2.95 bits per heavy atom. The number of hydrogen-bond donors (Lipinski definition) is 1. The monoisotopic (exact) mass is 260 g/mol. The van der Waals surface area contributed by atoms with Crippen molar-refractivity contribution >= 4 is 12.0 Å². The standard InChI is InChI=1S/C15H16O4/c1-15(2)5-3-9-7-11-12(8-18-14(11)17)10(4-6-16)13(9)19-15/h3,5,7,16H,4,6,8H2,1-2H3. The number of aliphatic hydroxyl groups excluding tert-OH is 1. The SMILES string of the molecule is CC1(C)C=Cc2cc3c(c(CCO)c2O1)COC3=O. The van der Waals surface area contributed by atoms with Crippen molar-refractivity contribution in [3.8, 4) is 5.75 Å². The Balaban J connectivity index is 2.21. The number of benzene rings is 1. The van der Waals surface area contributed by atoms with Crippen LogP contribution in [-0.4, -0.2) is 23.3 Å². The molecule has 4 heteroatoms. The first-order valence-electron chi connectivity index (χ1n) is 6.37. The summed E-state index contributed by atoms with van der Waals surface area (Å²) in [5.74, 6) is 0.467. The van der Waals surface area contributed by atoms with Crippen LogP contribution < -0.4 is 4.74 Å². The predicted octanol–water partition coefficient (Wildman–Crippen LogP) is 2.08. The molecule has 2 heterocycles. The Bertz CT molecular complexity index is 584. The lowest BCUT2D eigenvalue weighted by molar-refractivity contribution is 0.0534. The molecule has 0 unspecified atom stereocenters. The molecule has 3 rings (SSSR count). The lowest BCUT2D eigenvalue weighted by Crippen LogP contribution is -2.28. The highest BCUT2D eigenvalue weighted by Gasteiger charge is 2.31. The van der Waals surface area contributed by atoms with Gasteiger partial charge in [-0.25, -0.2) is 4.79 Å². The summed E-state index contributed by atoms with van der Waals surface area (Å²) in [4.78, 5) is 11.7. The molecule has 19 heavy (non-hydrogen) atoms. The third kappa shape index (κ3) is 1.92. The molecule has 0 aromatic heterocycles. The summed E-state index contributed by atoms with van der Waals surface area (Å²) in [5, 5.41) is 9.25. The third-order valence-corrected chi connectivity index (χ3v) is 3.48. The zero-order chi connectivity index (χ0) is 13.6. The first-order chi connectivity index (χ1) is 9.02. The smallest absolute Gasteiger partial charge is 0.338 e. The van der Waals surface area contributed by atoms with Gasteiger partial charge in [-0.2, -0.15) is 0 Å². The quantitative estimate of drug-likeness (QED) is 0.827. The van der Waals surface area contributed by atoms with Crippen LogP contribution in [0.3, 0.4) is 0 Å². The molecule has 1 N–H and O–H groups in total. The number of cyclic esters (lactones) is 1. The maximum atomic E-state index is 11.7. The number of carbonyl (C=O) groups excluding carboxylic acids is 1. The Morgan fingerprint density at radius 2 is 2.21 bits per heavy atom. The van der Waals surface area contributed by atoms with Crippen LogP contribution >= 0.6 is 0 Å². The van der Waals surface area contributed by atoms with Gasteiger partial charge in [0.15, 0.2) is 0 Å². The third-order valence-electron chi connectivity index (χ3n) is 3.48. The number of ether oxygens (including phenoxy) is 2. The second-order valence-corrected chi connectivity index (χ2v) is 5.39. The van der Waals surface area contributed by atoms with Gasteiger partial charge < -0.3 is 14.6 Å². The van der Waals surface area contributed by atoms with Gasteiger partial charge in [0.25, 0.3) is 0 Å². The van der Waals surface area contributed by atoms with Crippen LogP contribution in [0.4, 0.5) is 0 Å². The summed E-state index contributed by atoms with van der Waals surface area (Å²) < 4.78 is 11.1. The van der Waals surface area contributed by atoms with E-state index in [-0.39, 0.29) is 24.8 Å². The van der Waals surface area contributed by atoms with E-state index >= 15 is 0 Å². The average Bonchev–Trinajstić information content (AvgIpc) is 2.71. The molecule has 1 aromatic carbocycles. The number of aliphatic hydroxyl groups is 1. The lowest BCUT2D eigenvalue weighted by atomic mass is 9.92. The highest BCUT2D eigenvalue weighted by atomic mass is 16.5. The number of fused-ring (bicyclic) bond motifs is 2. The van der Waals surface area contributed by atoms with Gasteiger partial charge in [-0.1, -0.05) is 6.08 Å². The topological polar surface area (TPSA) is 55.8 Å². The first kappa shape index (κ1) is 12.2. The molecule has 100 valence electrons. The second-order valence-electron chi connectivity index (χ2n) is 5.39. The molecule has 0 bridgehead atoms. The summed E-state index contributed by atoms with van der Waals surface area (Å²) in [6, 6.07) is 1.81. The number of rotatable bonds is 2. The summed E-state index contributed by atoms with van der Waals surface area (Å²) >= 11 is 0. The molecule has 0 spiro atoms. The van der Waals surface area contributed by atoms with Crippen LogP contribution in [0.5, 0.6) is 5.75 Å². The van der Waals surface area contributed by atoms with E-state index in [2.05, 4.69) is 0 Å². The molecule has 4 nitrogen and oxygen atoms in total. The van der Waals surface area contributed by atoms with Crippen LogP contribution in [0.2, 0.25) is 0 Å². The van der Waals surface area contributed by atoms with Gasteiger partial charge in [-0.05, 0) is 32.4 Å². The van der Waals surface area contributed by atoms with Gasteiger partial charge in [0.1, 0.15) is 18.0 Å². The Morgan fingerprint density at radius 1 is 1.42 bits per heavy atom. The minimum absolute atomic E-state index is 0.0184. The Labute approximate surface area is 111 Å². The highest BCUT2D eigenvalue weighted by Crippen LogP contribution is 2.40. The van der Waals surface area contributed by atoms with Gasteiger partial charge in [0, 0.05) is 23.3 Å². The maximum absolute atomic E-state index is 11.7. The minimum Gasteiger partial charge on any atom is -0.483 e. The van der Waals surface area contributed by atoms with Gasteiger partial charge >= 0.3 is 5.97 Å². The van der Waals surface area contributed by atoms with Crippen LogP contribution in [0.25, 0.3) is 6.08 Å². The van der Waals surface area contributed by atoms with Crippen molar-refractivity contribution in [3.63, 3.8) is 0 Å². The van der Waals surface area contributed by atoms with Crippen LogP contribution in [0.15, 0.2) is 12.1 Å². The lowest BCUT2D eigenvalue weighted by Gasteiger charge is -2.30. The molecule has 0 radical (unpaired) electrons. The number of esters is 1. The first-order valence-corrected chi connectivity index (χ1v) is 6.37. The average molecular weight is 260 g/mol. The molecule has 0 fully saturated rings. The van der Waals surface area contributed by atoms with Crippen molar-refractivity contribution in [2.24, 2.45) is 0 Å². The van der Waals surface area contributed by atoms with Crippen molar-refractivity contribution in [1.82, 2.24) is 0 Å². The number of hydrogen-bond acceptors (Lipinski definition) is 4. The molecule has 0 amide bonds. The Kier molecular flexibility index (Phi) is 2.64. The van der Waals surface area contributed by atoms with E-state index in [9.17, 15) is 9.90 Å². The zero-order valence-corrected chi connectivity index (χ0v) is 11.0. The van der Waals surface area contributed by atoms with Crippen molar-refractivity contribution in [2.75, 3.05) is 6.61 Å². The Hall–Kier alpha value is -1.81. The van der Waals surface area contributed by atoms with E-state index in [1.54, 1.807) is 0 Å². The van der Waals surface area contributed by atoms with Crippen LogP contribution in [0, 0.1) is 0 Å². The summed E-state index contributed by atoms with van der Waals surface area (Å²) in [7, 11) is 0. The van der Waals surface area contributed by atoms with Gasteiger partial charge in [0.2, 0.25) is 0 Å². The molecule has 0 saturated heterocycles. The van der Waals surface area contributed by atoms with Gasteiger partial charge in [0.05, 0.1) is 5.56 Å². The summed E-state index contributed by atoms with van der Waals surface area (Å²) in [6.45, 7) is 4.24. The van der Waals surface area contributed by atoms with Crippen molar-refractivity contribution < 1.29 is 19.4 Å². The highest BCUT2D eigenvalue weighted by molar-refractivity contribution is 5.95. The van der Waals surface area contributed by atoms with Crippen LogP contribution in [-0.2, 0) is 17.8 Å². The number of carbonyl (C=O) groups is 1. The molecular weight excluding hydrogens is 244 g/mol. The fraction of sp³-hybridized carbons (Fsp3) is 0.400. The zero-order valence-electron chi connectivity index (χ0n) is 11.0. The molecule has 2 aliphatic heterocycles. The van der Waals surface area contributed by atoms with E-state index in [4.69, 9.17) is 9.47 Å². The molecule has 0 atom stereocenters. The molecule has 2 aliphatic rings. The van der Waals surface area contributed by atoms with E-state index in [0.29, 0.717) is 12.0 Å². The predicted molar refractivity (Wildman–Crippen MR) is 70.1 cm³/mol. The van der Waals surface area contributed by atoms with E-state index in [1.165, 1.54) is 0 Å². The normalized spacial score (nSPS) is 18.6.